The molecule has 0 bridgehead atoms. The van der Waals surface area contributed by atoms with Crippen LogP contribution in [0.5, 0.6) is 5.75 Å². The zero-order valence-electron chi connectivity index (χ0n) is 16.4. The van der Waals surface area contributed by atoms with Gasteiger partial charge >= 0.3 is 0 Å². The van der Waals surface area contributed by atoms with Crippen molar-refractivity contribution in [3.8, 4) is 17.1 Å². The average Bonchev–Trinajstić information content (AvgIpc) is 3.34. The summed E-state index contributed by atoms with van der Waals surface area (Å²) in [4.78, 5) is 26.9. The standard InChI is InChI=1S/C20H26N4O4/c1-12(2)16(18(21)25)22-20(26)15-17(13-6-8-14(27-3)9-7-13)28-23-19(15)24-10-4-5-11-24/h6-9,12,16H,4-5,10-11H2,1-3H3,(H2,21,25)(H,22,26). The SMILES string of the molecule is COc1ccc(-c2onc(N3CCCC3)c2C(=O)NC(C(N)=O)C(C)C)cc1. The molecule has 1 atom stereocenters. The Morgan fingerprint density at radius 2 is 1.86 bits per heavy atom. The van der Waals surface area contributed by atoms with Crippen LogP contribution in [0.15, 0.2) is 28.8 Å². The predicted molar refractivity (Wildman–Crippen MR) is 105 cm³/mol. The van der Waals surface area contributed by atoms with Crippen LogP contribution in [0.4, 0.5) is 5.82 Å². The Hall–Kier alpha value is -3.03. The van der Waals surface area contributed by atoms with E-state index in [0.29, 0.717) is 28.5 Å². The number of benzene rings is 1. The first kappa shape index (κ1) is 19.7. The summed E-state index contributed by atoms with van der Waals surface area (Å²) in [6.07, 6.45) is 2.06. The number of hydrogen-bond donors (Lipinski definition) is 2. The van der Waals surface area contributed by atoms with Crippen molar-refractivity contribution in [2.45, 2.75) is 32.7 Å². The fourth-order valence-corrected chi connectivity index (χ4v) is 3.35. The molecule has 1 fully saturated rings. The maximum Gasteiger partial charge on any atom is 0.259 e. The van der Waals surface area contributed by atoms with Gasteiger partial charge in [-0.3, -0.25) is 9.59 Å². The highest BCUT2D eigenvalue weighted by molar-refractivity contribution is 6.05. The zero-order chi connectivity index (χ0) is 20.3. The summed E-state index contributed by atoms with van der Waals surface area (Å²) >= 11 is 0. The number of hydrogen-bond acceptors (Lipinski definition) is 6. The summed E-state index contributed by atoms with van der Waals surface area (Å²) in [5, 5.41) is 6.93. The molecule has 8 heteroatoms. The van der Waals surface area contributed by atoms with Crippen molar-refractivity contribution in [1.29, 1.82) is 0 Å². The maximum absolute atomic E-state index is 13.1. The van der Waals surface area contributed by atoms with Crippen molar-refractivity contribution in [3.05, 3.63) is 29.8 Å². The smallest absolute Gasteiger partial charge is 0.259 e. The van der Waals surface area contributed by atoms with Crippen LogP contribution in [-0.4, -0.2) is 43.2 Å². The highest BCUT2D eigenvalue weighted by atomic mass is 16.5. The van der Waals surface area contributed by atoms with Crippen LogP contribution in [0.25, 0.3) is 11.3 Å². The molecule has 28 heavy (non-hydrogen) atoms. The summed E-state index contributed by atoms with van der Waals surface area (Å²) in [7, 11) is 1.59. The molecule has 2 amide bonds. The molecule has 150 valence electrons. The van der Waals surface area contributed by atoms with Gasteiger partial charge < -0.3 is 25.2 Å². The van der Waals surface area contributed by atoms with E-state index in [0.717, 1.165) is 25.9 Å². The Labute approximate surface area is 164 Å². The van der Waals surface area contributed by atoms with Gasteiger partial charge in [-0.2, -0.15) is 0 Å². The second-order valence-corrected chi connectivity index (χ2v) is 7.23. The monoisotopic (exact) mass is 386 g/mol. The van der Waals surface area contributed by atoms with E-state index in [4.69, 9.17) is 15.0 Å². The normalized spacial score (nSPS) is 14.9. The van der Waals surface area contributed by atoms with Crippen molar-refractivity contribution >= 4 is 17.6 Å². The molecule has 1 aliphatic rings. The molecule has 0 radical (unpaired) electrons. The number of carbonyl (C=O) groups excluding carboxylic acids is 2. The van der Waals surface area contributed by atoms with Crippen molar-refractivity contribution in [1.82, 2.24) is 10.5 Å². The highest BCUT2D eigenvalue weighted by Gasteiger charge is 2.31. The average molecular weight is 386 g/mol. The van der Waals surface area contributed by atoms with Crippen molar-refractivity contribution < 1.29 is 18.8 Å². The summed E-state index contributed by atoms with van der Waals surface area (Å²) < 4.78 is 10.8. The minimum absolute atomic E-state index is 0.138. The molecule has 2 heterocycles. The van der Waals surface area contributed by atoms with E-state index >= 15 is 0 Å². The lowest BCUT2D eigenvalue weighted by atomic mass is 10.0. The Balaban J connectivity index is 2.01. The van der Waals surface area contributed by atoms with Crippen molar-refractivity contribution in [2.75, 3.05) is 25.1 Å². The second-order valence-electron chi connectivity index (χ2n) is 7.23. The number of methoxy groups -OCH3 is 1. The van der Waals surface area contributed by atoms with Gasteiger partial charge in [-0.15, -0.1) is 0 Å². The molecule has 0 spiro atoms. The number of carbonyl (C=O) groups is 2. The highest BCUT2D eigenvalue weighted by Crippen LogP contribution is 2.34. The number of primary amides is 1. The Morgan fingerprint density at radius 3 is 2.39 bits per heavy atom. The fourth-order valence-electron chi connectivity index (χ4n) is 3.35. The van der Waals surface area contributed by atoms with Gasteiger partial charge in [-0.25, -0.2) is 0 Å². The molecule has 1 aromatic heterocycles. The van der Waals surface area contributed by atoms with Gasteiger partial charge in [-0.1, -0.05) is 19.0 Å². The van der Waals surface area contributed by atoms with E-state index < -0.39 is 17.9 Å². The van der Waals surface area contributed by atoms with Gasteiger partial charge in [-0.05, 0) is 43.0 Å². The molecule has 2 aromatic rings. The van der Waals surface area contributed by atoms with Crippen LogP contribution in [-0.2, 0) is 4.79 Å². The Morgan fingerprint density at radius 1 is 1.21 bits per heavy atom. The first-order chi connectivity index (χ1) is 13.4. The van der Waals surface area contributed by atoms with Crippen LogP contribution < -0.4 is 20.7 Å². The molecule has 0 saturated carbocycles. The number of aromatic nitrogens is 1. The quantitative estimate of drug-likeness (QED) is 0.755. The summed E-state index contributed by atoms with van der Waals surface area (Å²) in [6, 6.07) is 6.40. The third kappa shape index (κ3) is 3.95. The first-order valence-corrected chi connectivity index (χ1v) is 9.41. The topological polar surface area (TPSA) is 111 Å². The minimum atomic E-state index is -0.780. The molecule has 1 unspecified atom stereocenters. The molecular weight excluding hydrogens is 360 g/mol. The molecule has 1 saturated heterocycles. The minimum Gasteiger partial charge on any atom is -0.497 e. The fraction of sp³-hybridized carbons (Fsp3) is 0.450. The van der Waals surface area contributed by atoms with Crippen LogP contribution in [0.1, 0.15) is 37.0 Å². The number of nitrogens with one attached hydrogen (secondary N) is 1. The number of ether oxygens (including phenoxy) is 1. The van der Waals surface area contributed by atoms with Gasteiger partial charge in [0.05, 0.1) is 7.11 Å². The van der Waals surface area contributed by atoms with Gasteiger partial charge in [0, 0.05) is 18.7 Å². The lowest BCUT2D eigenvalue weighted by molar-refractivity contribution is -0.120. The van der Waals surface area contributed by atoms with Crippen molar-refractivity contribution in [2.24, 2.45) is 11.7 Å². The van der Waals surface area contributed by atoms with Crippen molar-refractivity contribution in [3.63, 3.8) is 0 Å². The van der Waals surface area contributed by atoms with Gasteiger partial charge in [0.1, 0.15) is 17.4 Å². The molecule has 3 N–H and O–H groups in total. The van der Waals surface area contributed by atoms with Gasteiger partial charge in [0.25, 0.3) is 5.91 Å². The van der Waals surface area contributed by atoms with E-state index in [9.17, 15) is 9.59 Å². The Bertz CT molecular complexity index is 838. The number of nitrogens with two attached hydrogens (primary N) is 1. The van der Waals surface area contributed by atoms with Gasteiger partial charge in [0.2, 0.25) is 5.91 Å². The number of anilines is 1. The lowest BCUT2D eigenvalue weighted by Gasteiger charge is -2.20. The predicted octanol–water partition coefficient (Wildman–Crippen LogP) is 2.19. The van der Waals surface area contributed by atoms with Crippen LogP contribution >= 0.6 is 0 Å². The lowest BCUT2D eigenvalue weighted by Crippen LogP contribution is -2.48. The second kappa shape index (κ2) is 8.33. The van der Waals surface area contributed by atoms with E-state index in [2.05, 4.69) is 10.5 Å². The summed E-state index contributed by atoms with van der Waals surface area (Å²) in [5.41, 5.74) is 6.48. The number of amides is 2. The molecule has 1 aliphatic heterocycles. The van der Waals surface area contributed by atoms with E-state index in [1.807, 2.05) is 18.7 Å². The molecule has 8 nitrogen and oxygen atoms in total. The Kier molecular flexibility index (Phi) is 5.87. The third-order valence-corrected chi connectivity index (χ3v) is 4.92. The zero-order valence-corrected chi connectivity index (χ0v) is 16.4. The molecule has 1 aromatic carbocycles. The number of rotatable bonds is 7. The molecular formula is C20H26N4O4. The van der Waals surface area contributed by atoms with Gasteiger partial charge in [0.15, 0.2) is 11.6 Å². The number of nitrogens with zero attached hydrogens (tertiary/aromatic N) is 2. The van der Waals surface area contributed by atoms with Crippen LogP contribution in [0, 0.1) is 5.92 Å². The van der Waals surface area contributed by atoms with Crippen LogP contribution in [0.2, 0.25) is 0 Å². The summed E-state index contributed by atoms with van der Waals surface area (Å²) in [5.74, 6) is 0.408. The van der Waals surface area contributed by atoms with Crippen LogP contribution in [0.3, 0.4) is 0 Å². The first-order valence-electron chi connectivity index (χ1n) is 9.41. The third-order valence-electron chi connectivity index (χ3n) is 4.92. The van der Waals surface area contributed by atoms with E-state index in [1.165, 1.54) is 0 Å². The van der Waals surface area contributed by atoms with E-state index in [1.54, 1.807) is 31.4 Å². The maximum atomic E-state index is 13.1. The molecule has 3 rings (SSSR count). The summed E-state index contributed by atoms with van der Waals surface area (Å²) in [6.45, 7) is 5.26. The van der Waals surface area contributed by atoms with E-state index in [-0.39, 0.29) is 5.92 Å². The molecule has 0 aliphatic carbocycles. The largest absolute Gasteiger partial charge is 0.497 e.